The van der Waals surface area contributed by atoms with E-state index in [1.54, 1.807) is 38.3 Å². The molecule has 1 aromatic carbocycles. The van der Waals surface area contributed by atoms with Crippen molar-refractivity contribution in [2.24, 2.45) is 10.9 Å². The number of rotatable bonds is 5. The normalized spacial score (nSPS) is 20.0. The van der Waals surface area contributed by atoms with Gasteiger partial charge in [0.1, 0.15) is 18.3 Å². The summed E-state index contributed by atoms with van der Waals surface area (Å²) in [5.41, 5.74) is 1.10. The third kappa shape index (κ3) is 3.86. The quantitative estimate of drug-likeness (QED) is 0.661. The topological polar surface area (TPSA) is 101 Å². The zero-order chi connectivity index (χ0) is 16.8. The number of carbonyl (C=O) groups is 2. The molecule has 0 fully saturated rings. The summed E-state index contributed by atoms with van der Waals surface area (Å²) in [5, 5.41) is 11.2. The van der Waals surface area contributed by atoms with Crippen LogP contribution in [0.15, 0.2) is 29.3 Å². The molecule has 2 unspecified atom stereocenters. The summed E-state index contributed by atoms with van der Waals surface area (Å²) in [7, 11) is 1.54. The molecular formula is C16H17N3O4. The van der Waals surface area contributed by atoms with Gasteiger partial charge in [-0.05, 0) is 24.6 Å². The van der Waals surface area contributed by atoms with E-state index in [4.69, 9.17) is 14.7 Å². The lowest BCUT2D eigenvalue weighted by Gasteiger charge is -2.29. The molecule has 2 rings (SSSR count). The number of nitrogens with one attached hydrogen (secondary N) is 1. The fourth-order valence-electron chi connectivity index (χ4n) is 2.42. The summed E-state index contributed by atoms with van der Waals surface area (Å²) in [6, 6.07) is 7.91. The standard InChI is InChI=1S/C16H17N3O4/c1-10-13(15(20)23-8-4-7-17)14(19-16(21)18-10)11-5-3-6-12(9-11)22-2/h3,5-6,9,13-14H,4,8H2,1-2H3,(H,19,21). The van der Waals surface area contributed by atoms with Crippen molar-refractivity contribution in [2.45, 2.75) is 19.4 Å². The van der Waals surface area contributed by atoms with E-state index in [9.17, 15) is 9.59 Å². The zero-order valence-electron chi connectivity index (χ0n) is 12.9. The molecule has 1 aliphatic heterocycles. The molecule has 7 nitrogen and oxygen atoms in total. The van der Waals surface area contributed by atoms with Crippen LogP contribution in [0.1, 0.15) is 24.9 Å². The first kappa shape index (κ1) is 16.5. The Hall–Kier alpha value is -2.88. The molecule has 23 heavy (non-hydrogen) atoms. The number of methoxy groups -OCH3 is 1. The van der Waals surface area contributed by atoms with Crippen LogP contribution in [-0.4, -0.2) is 31.4 Å². The largest absolute Gasteiger partial charge is 0.497 e. The molecule has 0 spiro atoms. The molecule has 0 aliphatic carbocycles. The smallest absolute Gasteiger partial charge is 0.341 e. The third-order valence-corrected chi connectivity index (χ3v) is 3.51. The number of nitrogens with zero attached hydrogens (tertiary/aromatic N) is 2. The number of esters is 1. The van der Waals surface area contributed by atoms with Crippen molar-refractivity contribution in [3.63, 3.8) is 0 Å². The molecule has 1 aromatic rings. The van der Waals surface area contributed by atoms with Crippen LogP contribution in [0.5, 0.6) is 5.75 Å². The SMILES string of the molecule is COc1cccc(C2NC(=O)N=C(C)C2C(=O)OCCC#N)c1. The van der Waals surface area contributed by atoms with Crippen LogP contribution in [0.4, 0.5) is 4.79 Å². The van der Waals surface area contributed by atoms with Gasteiger partial charge in [-0.3, -0.25) is 4.79 Å². The second kappa shape index (κ2) is 7.40. The Labute approximate surface area is 133 Å². The van der Waals surface area contributed by atoms with E-state index in [2.05, 4.69) is 10.3 Å². The van der Waals surface area contributed by atoms with E-state index in [0.717, 1.165) is 0 Å². The highest BCUT2D eigenvalue weighted by molar-refractivity contribution is 6.08. The lowest BCUT2D eigenvalue weighted by molar-refractivity contribution is -0.146. The van der Waals surface area contributed by atoms with Crippen LogP contribution >= 0.6 is 0 Å². The molecule has 0 aromatic heterocycles. The molecule has 1 aliphatic rings. The van der Waals surface area contributed by atoms with Crippen LogP contribution in [-0.2, 0) is 9.53 Å². The minimum absolute atomic E-state index is 0.0118. The highest BCUT2D eigenvalue weighted by Gasteiger charge is 2.38. The van der Waals surface area contributed by atoms with Gasteiger partial charge in [0.05, 0.1) is 25.6 Å². The van der Waals surface area contributed by atoms with E-state index < -0.39 is 24.0 Å². The number of aliphatic imine (C=N–C) groups is 1. The molecule has 0 bridgehead atoms. The average molecular weight is 315 g/mol. The molecule has 0 saturated carbocycles. The third-order valence-electron chi connectivity index (χ3n) is 3.51. The van der Waals surface area contributed by atoms with Crippen LogP contribution < -0.4 is 10.1 Å². The van der Waals surface area contributed by atoms with Crippen molar-refractivity contribution >= 4 is 17.7 Å². The van der Waals surface area contributed by atoms with E-state index in [1.165, 1.54) is 0 Å². The van der Waals surface area contributed by atoms with E-state index in [1.807, 2.05) is 6.07 Å². The van der Waals surface area contributed by atoms with Crippen molar-refractivity contribution in [2.75, 3.05) is 13.7 Å². The van der Waals surface area contributed by atoms with E-state index in [0.29, 0.717) is 17.0 Å². The summed E-state index contributed by atoms with van der Waals surface area (Å²) in [6.45, 7) is 1.63. The Kier molecular flexibility index (Phi) is 5.31. The first-order valence-corrected chi connectivity index (χ1v) is 7.10. The predicted molar refractivity (Wildman–Crippen MR) is 82.1 cm³/mol. The lowest BCUT2D eigenvalue weighted by Crippen LogP contribution is -2.44. The van der Waals surface area contributed by atoms with Gasteiger partial charge in [-0.25, -0.2) is 9.79 Å². The molecule has 120 valence electrons. The number of nitriles is 1. The molecule has 1 N–H and O–H groups in total. The second-order valence-corrected chi connectivity index (χ2v) is 5.01. The van der Waals surface area contributed by atoms with Gasteiger partial charge >= 0.3 is 12.0 Å². The van der Waals surface area contributed by atoms with Gasteiger partial charge in [0.15, 0.2) is 0 Å². The fourth-order valence-corrected chi connectivity index (χ4v) is 2.42. The highest BCUT2D eigenvalue weighted by atomic mass is 16.5. The number of carbonyl (C=O) groups excluding carboxylic acids is 2. The summed E-state index contributed by atoms with van der Waals surface area (Å²) >= 11 is 0. The van der Waals surface area contributed by atoms with Crippen LogP contribution in [0.2, 0.25) is 0 Å². The summed E-state index contributed by atoms with van der Waals surface area (Å²) in [6.07, 6.45) is 0.116. The fraction of sp³-hybridized carbons (Fsp3) is 0.375. The van der Waals surface area contributed by atoms with Gasteiger partial charge < -0.3 is 14.8 Å². The highest BCUT2D eigenvalue weighted by Crippen LogP contribution is 2.30. The predicted octanol–water partition coefficient (Wildman–Crippen LogP) is 1.99. The van der Waals surface area contributed by atoms with Gasteiger partial charge in [0.25, 0.3) is 0 Å². The Morgan fingerprint density at radius 1 is 1.48 bits per heavy atom. The van der Waals surface area contributed by atoms with Crippen LogP contribution in [0.25, 0.3) is 0 Å². The van der Waals surface area contributed by atoms with Crippen molar-refractivity contribution in [3.8, 4) is 11.8 Å². The van der Waals surface area contributed by atoms with Crippen LogP contribution in [0, 0.1) is 17.2 Å². The van der Waals surface area contributed by atoms with Crippen molar-refractivity contribution in [1.82, 2.24) is 5.32 Å². The van der Waals surface area contributed by atoms with Gasteiger partial charge in [0, 0.05) is 5.71 Å². The first-order valence-electron chi connectivity index (χ1n) is 7.10. The second-order valence-electron chi connectivity index (χ2n) is 5.01. The van der Waals surface area contributed by atoms with Crippen LogP contribution in [0.3, 0.4) is 0 Å². The van der Waals surface area contributed by atoms with E-state index in [-0.39, 0.29) is 13.0 Å². The molecule has 1 heterocycles. The summed E-state index contributed by atoms with van der Waals surface area (Å²) in [5.74, 6) is -0.638. The van der Waals surface area contributed by atoms with Gasteiger partial charge in [-0.15, -0.1) is 0 Å². The molecule has 7 heteroatoms. The molecule has 2 atom stereocenters. The van der Waals surface area contributed by atoms with Crippen molar-refractivity contribution in [3.05, 3.63) is 29.8 Å². The first-order chi connectivity index (χ1) is 11.1. The maximum Gasteiger partial charge on any atom is 0.341 e. The molecular weight excluding hydrogens is 298 g/mol. The Morgan fingerprint density at radius 2 is 2.26 bits per heavy atom. The molecule has 0 radical (unpaired) electrons. The number of amides is 2. The maximum absolute atomic E-state index is 12.3. The lowest BCUT2D eigenvalue weighted by atomic mass is 9.88. The minimum atomic E-state index is -0.738. The number of ether oxygens (including phenoxy) is 2. The summed E-state index contributed by atoms with van der Waals surface area (Å²) in [4.78, 5) is 27.8. The number of benzene rings is 1. The number of urea groups is 1. The maximum atomic E-state index is 12.3. The minimum Gasteiger partial charge on any atom is -0.497 e. The zero-order valence-corrected chi connectivity index (χ0v) is 12.9. The van der Waals surface area contributed by atoms with Gasteiger partial charge in [-0.2, -0.15) is 5.26 Å². The van der Waals surface area contributed by atoms with E-state index >= 15 is 0 Å². The van der Waals surface area contributed by atoms with Gasteiger partial charge in [0.2, 0.25) is 0 Å². The molecule has 2 amide bonds. The number of hydrogen-bond donors (Lipinski definition) is 1. The summed E-state index contributed by atoms with van der Waals surface area (Å²) < 4.78 is 10.3. The Morgan fingerprint density at radius 3 is 2.96 bits per heavy atom. The van der Waals surface area contributed by atoms with Crippen molar-refractivity contribution < 1.29 is 19.1 Å². The monoisotopic (exact) mass is 315 g/mol. The van der Waals surface area contributed by atoms with Gasteiger partial charge in [-0.1, -0.05) is 12.1 Å². The van der Waals surface area contributed by atoms with Crippen molar-refractivity contribution in [1.29, 1.82) is 5.26 Å². The number of hydrogen-bond acceptors (Lipinski definition) is 5. The average Bonchev–Trinajstić information content (AvgIpc) is 2.54. The Balaban J connectivity index is 2.30. The molecule has 0 saturated heterocycles. The Bertz CT molecular complexity index is 678.